The van der Waals surface area contributed by atoms with Gasteiger partial charge in [-0.25, -0.2) is 0 Å². The molecule has 10 atom stereocenters. The van der Waals surface area contributed by atoms with E-state index in [0.717, 1.165) is 51.4 Å². The first-order chi connectivity index (χ1) is 20.9. The minimum Gasteiger partial charge on any atom is -0.392 e. The van der Waals surface area contributed by atoms with Crippen molar-refractivity contribution >= 4 is 0 Å². The van der Waals surface area contributed by atoms with Gasteiger partial charge in [0.1, 0.15) is 0 Å². The van der Waals surface area contributed by atoms with Crippen LogP contribution in [0.1, 0.15) is 116 Å². The zero-order valence-corrected chi connectivity index (χ0v) is 28.3. The Bertz CT molecular complexity index is 1040. The molecule has 2 N–H and O–H groups in total. The summed E-state index contributed by atoms with van der Waals surface area (Å²) in [6.45, 7) is 15.2. The summed E-state index contributed by atoms with van der Waals surface area (Å²) in [6, 6.07) is 21.2. The number of hydrogen-bond donors (Lipinski definition) is 2. The van der Waals surface area contributed by atoms with Crippen molar-refractivity contribution in [1.29, 1.82) is 0 Å². The van der Waals surface area contributed by atoms with Crippen molar-refractivity contribution in [1.82, 2.24) is 0 Å². The van der Waals surface area contributed by atoms with Crippen LogP contribution >= 0.6 is 0 Å². The van der Waals surface area contributed by atoms with Gasteiger partial charge >= 0.3 is 0 Å². The zero-order valence-electron chi connectivity index (χ0n) is 28.3. The molecule has 0 aliphatic heterocycles. The highest BCUT2D eigenvalue weighted by molar-refractivity contribution is 5.23. The molecule has 3 aliphatic carbocycles. The standard InChI is InChI=1S/C40H60O4/c1-39(2,3)31-21-29(37(41)33(23-31)27-15-9-7-10-16-27)25-43-35-19-13-14-20-36(35)44-26-30-22-32(40(4,5)6)24-34(38(30)42)28-17-11-8-12-18-28/h7-12,15-18,29-38,41-42H,13-14,19-26H2,1-6H3. The summed E-state index contributed by atoms with van der Waals surface area (Å²) in [4.78, 5) is 0. The Balaban J connectivity index is 1.24. The first-order valence-corrected chi connectivity index (χ1v) is 17.6. The van der Waals surface area contributed by atoms with Crippen molar-refractivity contribution in [3.8, 4) is 0 Å². The largest absolute Gasteiger partial charge is 0.392 e. The molecule has 2 aromatic rings. The molecular formula is C40H60O4. The Morgan fingerprint density at radius 3 is 1.27 bits per heavy atom. The molecule has 3 aliphatic rings. The third kappa shape index (κ3) is 8.16. The van der Waals surface area contributed by atoms with Crippen LogP contribution in [-0.2, 0) is 9.47 Å². The lowest BCUT2D eigenvalue weighted by Crippen LogP contribution is -2.45. The van der Waals surface area contributed by atoms with Crippen LogP contribution in [0.25, 0.3) is 0 Å². The van der Waals surface area contributed by atoms with E-state index in [0.29, 0.717) is 25.0 Å². The fourth-order valence-electron chi connectivity index (χ4n) is 8.50. The third-order valence-corrected chi connectivity index (χ3v) is 11.6. The van der Waals surface area contributed by atoms with Gasteiger partial charge in [0.2, 0.25) is 0 Å². The van der Waals surface area contributed by atoms with Crippen molar-refractivity contribution in [2.24, 2.45) is 34.5 Å². The smallest absolute Gasteiger partial charge is 0.0836 e. The fourth-order valence-corrected chi connectivity index (χ4v) is 8.50. The van der Waals surface area contributed by atoms with Crippen LogP contribution in [0.2, 0.25) is 0 Å². The van der Waals surface area contributed by atoms with Gasteiger partial charge in [0, 0.05) is 23.7 Å². The van der Waals surface area contributed by atoms with Crippen LogP contribution in [0.3, 0.4) is 0 Å². The molecule has 0 heterocycles. The van der Waals surface area contributed by atoms with E-state index in [1.54, 1.807) is 0 Å². The SMILES string of the molecule is CC(C)(C)C1CC(COC2CCCCC2OCC2CC(C(C)(C)C)CC(c3ccccc3)C2O)C(O)C(c2ccccc2)C1. The molecule has 44 heavy (non-hydrogen) atoms. The van der Waals surface area contributed by atoms with Crippen molar-refractivity contribution in [3.05, 3.63) is 71.8 Å². The highest BCUT2D eigenvalue weighted by Gasteiger charge is 2.44. The summed E-state index contributed by atoms with van der Waals surface area (Å²) in [5.74, 6) is 1.57. The second-order valence-corrected chi connectivity index (χ2v) is 16.6. The average molecular weight is 605 g/mol. The molecule has 0 saturated heterocycles. The van der Waals surface area contributed by atoms with E-state index in [2.05, 4.69) is 102 Å². The van der Waals surface area contributed by atoms with Gasteiger partial charge in [-0.3, -0.25) is 0 Å². The highest BCUT2D eigenvalue weighted by Crippen LogP contribution is 2.48. The number of aliphatic hydroxyl groups is 2. The molecule has 3 fully saturated rings. The van der Waals surface area contributed by atoms with Crippen molar-refractivity contribution in [2.45, 2.75) is 129 Å². The molecule has 5 rings (SSSR count). The van der Waals surface area contributed by atoms with Gasteiger partial charge in [0.25, 0.3) is 0 Å². The van der Waals surface area contributed by atoms with Crippen LogP contribution in [0.15, 0.2) is 60.7 Å². The lowest BCUT2D eigenvalue weighted by atomic mass is 9.63. The van der Waals surface area contributed by atoms with Crippen molar-refractivity contribution in [3.63, 3.8) is 0 Å². The summed E-state index contributed by atoms with van der Waals surface area (Å²) >= 11 is 0. The Hall–Kier alpha value is -1.72. The fraction of sp³-hybridized carbons (Fsp3) is 0.700. The molecule has 2 aromatic carbocycles. The van der Waals surface area contributed by atoms with Gasteiger partial charge in [-0.15, -0.1) is 0 Å². The maximum atomic E-state index is 11.6. The summed E-state index contributed by atoms with van der Waals surface area (Å²) in [5.41, 5.74) is 2.86. The van der Waals surface area contributed by atoms with E-state index in [1.165, 1.54) is 11.1 Å². The van der Waals surface area contributed by atoms with Gasteiger partial charge in [-0.1, -0.05) is 115 Å². The van der Waals surface area contributed by atoms with E-state index >= 15 is 0 Å². The highest BCUT2D eigenvalue weighted by atomic mass is 16.5. The third-order valence-electron chi connectivity index (χ3n) is 11.6. The molecule has 244 valence electrons. The van der Waals surface area contributed by atoms with E-state index in [1.807, 2.05) is 0 Å². The number of benzene rings is 2. The Labute approximate surface area is 268 Å². The molecule has 4 heteroatoms. The average Bonchev–Trinajstić information content (AvgIpc) is 3.00. The molecule has 3 saturated carbocycles. The van der Waals surface area contributed by atoms with Crippen molar-refractivity contribution < 1.29 is 19.7 Å². The summed E-state index contributed by atoms with van der Waals surface area (Å²) in [7, 11) is 0. The monoisotopic (exact) mass is 604 g/mol. The molecule has 0 aromatic heterocycles. The lowest BCUT2D eigenvalue weighted by Gasteiger charge is -2.46. The van der Waals surface area contributed by atoms with Gasteiger partial charge < -0.3 is 19.7 Å². The maximum Gasteiger partial charge on any atom is 0.0836 e. The summed E-state index contributed by atoms with van der Waals surface area (Å²) in [5, 5.41) is 23.3. The molecule has 0 amide bonds. The lowest BCUT2D eigenvalue weighted by molar-refractivity contribution is -0.134. The topological polar surface area (TPSA) is 58.9 Å². The molecule has 0 bridgehead atoms. The van der Waals surface area contributed by atoms with Crippen LogP contribution in [0.4, 0.5) is 0 Å². The van der Waals surface area contributed by atoms with Gasteiger partial charge in [-0.05, 0) is 72.3 Å². The van der Waals surface area contributed by atoms with Crippen molar-refractivity contribution in [2.75, 3.05) is 13.2 Å². The number of aliphatic hydroxyl groups excluding tert-OH is 2. The quantitative estimate of drug-likeness (QED) is 0.316. The number of ether oxygens (including phenoxy) is 2. The normalized spacial score (nSPS) is 35.4. The van der Waals surface area contributed by atoms with Gasteiger partial charge in [0.15, 0.2) is 0 Å². The number of hydrogen-bond acceptors (Lipinski definition) is 4. The first-order valence-electron chi connectivity index (χ1n) is 17.6. The predicted molar refractivity (Wildman–Crippen MR) is 180 cm³/mol. The Morgan fingerprint density at radius 1 is 0.568 bits per heavy atom. The van der Waals surface area contributed by atoms with Crippen LogP contribution in [0.5, 0.6) is 0 Å². The van der Waals surface area contributed by atoms with E-state index < -0.39 is 12.2 Å². The Kier molecular flexibility index (Phi) is 11.0. The minimum absolute atomic E-state index is 0.0465. The molecule has 0 spiro atoms. The molecular weight excluding hydrogens is 544 g/mol. The predicted octanol–water partition coefficient (Wildman–Crippen LogP) is 8.76. The molecule has 0 radical (unpaired) electrons. The summed E-state index contributed by atoms with van der Waals surface area (Å²) in [6.07, 6.45) is 7.63. The van der Waals surface area contributed by atoms with Crippen LogP contribution in [0, 0.1) is 34.5 Å². The second kappa shape index (κ2) is 14.4. The molecule has 10 unspecified atom stereocenters. The Morgan fingerprint density at radius 2 is 0.932 bits per heavy atom. The van der Waals surface area contributed by atoms with E-state index in [9.17, 15) is 10.2 Å². The number of rotatable bonds is 8. The maximum absolute atomic E-state index is 11.6. The van der Waals surface area contributed by atoms with Crippen LogP contribution in [-0.4, -0.2) is 47.8 Å². The van der Waals surface area contributed by atoms with Gasteiger partial charge in [0.05, 0.1) is 37.6 Å². The summed E-state index contributed by atoms with van der Waals surface area (Å²) < 4.78 is 13.5. The van der Waals surface area contributed by atoms with E-state index in [-0.39, 0.29) is 46.7 Å². The van der Waals surface area contributed by atoms with E-state index in [4.69, 9.17) is 9.47 Å². The van der Waals surface area contributed by atoms with Gasteiger partial charge in [-0.2, -0.15) is 0 Å². The van der Waals surface area contributed by atoms with Crippen LogP contribution < -0.4 is 0 Å². The first kappa shape index (κ1) is 33.6. The molecule has 4 nitrogen and oxygen atoms in total. The zero-order chi connectivity index (χ0) is 31.5. The second-order valence-electron chi connectivity index (χ2n) is 16.6. The minimum atomic E-state index is -0.402.